The molecule has 0 atom stereocenters. The first-order valence-electron chi connectivity index (χ1n) is 7.49. The van der Waals surface area contributed by atoms with Gasteiger partial charge in [-0.3, -0.25) is 14.7 Å². The zero-order valence-electron chi connectivity index (χ0n) is 12.1. The number of fused-ring (bicyclic) bond motifs is 1. The van der Waals surface area contributed by atoms with Crippen molar-refractivity contribution in [3.05, 3.63) is 71.8 Å². The smallest absolute Gasteiger partial charge is 0.254 e. The normalized spacial score (nSPS) is 19.7. The highest BCUT2D eigenvalue weighted by molar-refractivity contribution is 8.16. The van der Waals surface area contributed by atoms with Crippen molar-refractivity contribution in [3.63, 3.8) is 0 Å². The van der Waals surface area contributed by atoms with Crippen LogP contribution >= 0.6 is 11.8 Å². The van der Waals surface area contributed by atoms with Crippen LogP contribution in [0.25, 0.3) is 0 Å². The van der Waals surface area contributed by atoms with E-state index in [1.54, 1.807) is 11.8 Å². The Kier molecular flexibility index (Phi) is 3.26. The van der Waals surface area contributed by atoms with Gasteiger partial charge in [0.25, 0.3) is 5.91 Å². The van der Waals surface area contributed by atoms with Gasteiger partial charge in [0.1, 0.15) is 0 Å². The minimum Gasteiger partial charge on any atom is -0.290 e. The summed E-state index contributed by atoms with van der Waals surface area (Å²) in [6, 6.07) is 20.1. The van der Waals surface area contributed by atoms with E-state index in [4.69, 9.17) is 0 Å². The Morgan fingerprint density at radius 2 is 1.55 bits per heavy atom. The Bertz CT molecular complexity index is 688. The second-order valence-corrected chi connectivity index (χ2v) is 6.67. The van der Waals surface area contributed by atoms with Crippen LogP contribution in [0.15, 0.2) is 65.7 Å². The number of nitrogens with zero attached hydrogens (tertiary/aromatic N) is 2. The predicted octanol–water partition coefficient (Wildman–Crippen LogP) is 3.27. The third kappa shape index (κ3) is 1.91. The number of aliphatic imine (C=N–C) groups is 1. The Morgan fingerprint density at radius 3 is 2.09 bits per heavy atom. The van der Waals surface area contributed by atoms with Gasteiger partial charge >= 0.3 is 0 Å². The molecule has 0 radical (unpaired) electrons. The topological polar surface area (TPSA) is 32.7 Å². The molecule has 0 bridgehead atoms. The highest BCUT2D eigenvalue weighted by atomic mass is 32.2. The Balaban J connectivity index is 1.93. The molecule has 1 saturated heterocycles. The van der Waals surface area contributed by atoms with Crippen molar-refractivity contribution in [3.8, 4) is 0 Å². The van der Waals surface area contributed by atoms with E-state index < -0.39 is 4.75 Å². The SMILES string of the molecule is O=C1N2CCCN=C2SC1(c1ccccc1)c1ccccc1. The molecule has 2 aromatic carbocycles. The summed E-state index contributed by atoms with van der Waals surface area (Å²) in [4.78, 5) is 19.7. The summed E-state index contributed by atoms with van der Waals surface area (Å²) < 4.78 is -0.703. The predicted molar refractivity (Wildman–Crippen MR) is 89.9 cm³/mol. The second-order valence-electron chi connectivity index (χ2n) is 5.49. The Hall–Kier alpha value is -2.07. The summed E-state index contributed by atoms with van der Waals surface area (Å²) in [5.74, 6) is 0.133. The molecule has 3 nitrogen and oxygen atoms in total. The third-order valence-electron chi connectivity index (χ3n) is 4.17. The zero-order chi connectivity index (χ0) is 15.0. The van der Waals surface area contributed by atoms with Crippen LogP contribution in [-0.4, -0.2) is 29.1 Å². The van der Waals surface area contributed by atoms with E-state index in [-0.39, 0.29) is 5.91 Å². The largest absolute Gasteiger partial charge is 0.290 e. The highest BCUT2D eigenvalue weighted by Crippen LogP contribution is 2.50. The third-order valence-corrected chi connectivity index (χ3v) is 5.65. The van der Waals surface area contributed by atoms with Gasteiger partial charge < -0.3 is 0 Å². The maximum atomic E-state index is 13.3. The van der Waals surface area contributed by atoms with Gasteiger partial charge in [-0.1, -0.05) is 72.4 Å². The van der Waals surface area contributed by atoms with E-state index >= 15 is 0 Å². The lowest BCUT2D eigenvalue weighted by atomic mass is 9.89. The van der Waals surface area contributed by atoms with E-state index in [1.165, 1.54) is 0 Å². The van der Waals surface area contributed by atoms with Gasteiger partial charge in [-0.2, -0.15) is 0 Å². The van der Waals surface area contributed by atoms with Gasteiger partial charge in [0, 0.05) is 13.1 Å². The van der Waals surface area contributed by atoms with Crippen LogP contribution in [0.2, 0.25) is 0 Å². The van der Waals surface area contributed by atoms with Gasteiger partial charge in [-0.25, -0.2) is 0 Å². The number of carbonyl (C=O) groups excluding carboxylic acids is 1. The fourth-order valence-corrected chi connectivity index (χ4v) is 4.53. The molecule has 0 unspecified atom stereocenters. The molecule has 2 aliphatic heterocycles. The molecule has 4 rings (SSSR count). The Labute approximate surface area is 134 Å². The highest BCUT2D eigenvalue weighted by Gasteiger charge is 2.54. The lowest BCUT2D eigenvalue weighted by Gasteiger charge is -2.27. The number of amides is 1. The standard InChI is InChI=1S/C18H16N2OS/c21-16-18(14-8-3-1-4-9-14,15-10-5-2-6-11-15)22-17-19-12-7-13-20(16)17/h1-6,8-11H,7,12-13H2. The van der Waals surface area contributed by atoms with Crippen LogP contribution in [0.3, 0.4) is 0 Å². The molecule has 2 aromatic rings. The van der Waals surface area contributed by atoms with Crippen molar-refractivity contribution in [1.82, 2.24) is 4.90 Å². The molecule has 22 heavy (non-hydrogen) atoms. The van der Waals surface area contributed by atoms with Crippen molar-refractivity contribution < 1.29 is 4.79 Å². The second kappa shape index (κ2) is 5.29. The lowest BCUT2D eigenvalue weighted by molar-refractivity contribution is -0.128. The maximum Gasteiger partial charge on any atom is 0.254 e. The molecule has 0 spiro atoms. The van der Waals surface area contributed by atoms with Crippen LogP contribution in [0.1, 0.15) is 17.5 Å². The molecule has 0 saturated carbocycles. The molecular formula is C18H16N2OS. The molecule has 0 aromatic heterocycles. The first kappa shape index (κ1) is 13.6. The summed E-state index contributed by atoms with van der Waals surface area (Å²) in [5, 5.41) is 0.865. The minimum absolute atomic E-state index is 0.133. The summed E-state index contributed by atoms with van der Waals surface area (Å²) in [7, 11) is 0. The van der Waals surface area contributed by atoms with E-state index in [9.17, 15) is 4.79 Å². The molecule has 2 aliphatic rings. The van der Waals surface area contributed by atoms with Crippen LogP contribution in [0, 0.1) is 0 Å². The summed E-state index contributed by atoms with van der Waals surface area (Å²) >= 11 is 1.58. The fourth-order valence-electron chi connectivity index (χ4n) is 3.11. The first-order chi connectivity index (χ1) is 10.8. The van der Waals surface area contributed by atoms with Gasteiger partial charge in [-0.05, 0) is 17.5 Å². The summed E-state index contributed by atoms with van der Waals surface area (Å²) in [6.07, 6.45) is 0.940. The molecule has 110 valence electrons. The van der Waals surface area contributed by atoms with Crippen molar-refractivity contribution >= 4 is 22.8 Å². The van der Waals surface area contributed by atoms with Gasteiger partial charge in [0.2, 0.25) is 0 Å². The monoisotopic (exact) mass is 308 g/mol. The number of rotatable bonds is 2. The lowest BCUT2D eigenvalue weighted by Crippen LogP contribution is -2.40. The molecule has 2 heterocycles. The van der Waals surface area contributed by atoms with Crippen molar-refractivity contribution in [2.75, 3.05) is 13.1 Å². The molecular weight excluding hydrogens is 292 g/mol. The van der Waals surface area contributed by atoms with Gasteiger partial charge in [-0.15, -0.1) is 0 Å². The molecule has 0 aliphatic carbocycles. The minimum atomic E-state index is -0.703. The average Bonchev–Trinajstić information content (AvgIpc) is 2.91. The van der Waals surface area contributed by atoms with Crippen molar-refractivity contribution in [1.29, 1.82) is 0 Å². The average molecular weight is 308 g/mol. The van der Waals surface area contributed by atoms with E-state index in [0.29, 0.717) is 0 Å². The van der Waals surface area contributed by atoms with Crippen LogP contribution < -0.4 is 0 Å². The number of hydrogen-bond acceptors (Lipinski definition) is 3. The molecule has 0 N–H and O–H groups in total. The first-order valence-corrected chi connectivity index (χ1v) is 8.30. The van der Waals surface area contributed by atoms with Gasteiger partial charge in [0.15, 0.2) is 9.91 Å². The van der Waals surface area contributed by atoms with E-state index in [0.717, 1.165) is 35.8 Å². The zero-order valence-corrected chi connectivity index (χ0v) is 12.9. The van der Waals surface area contributed by atoms with Crippen LogP contribution in [0.4, 0.5) is 0 Å². The number of carbonyl (C=O) groups is 1. The summed E-state index contributed by atoms with van der Waals surface area (Å²) in [6.45, 7) is 1.58. The number of benzene rings is 2. The number of amidine groups is 1. The fraction of sp³-hybridized carbons (Fsp3) is 0.222. The molecule has 1 fully saturated rings. The number of thioether (sulfide) groups is 1. The van der Waals surface area contributed by atoms with E-state index in [1.807, 2.05) is 65.6 Å². The molecule has 4 heteroatoms. The Morgan fingerprint density at radius 1 is 0.955 bits per heavy atom. The number of hydrogen-bond donors (Lipinski definition) is 0. The summed E-state index contributed by atoms with van der Waals surface area (Å²) in [5.41, 5.74) is 2.04. The maximum absolute atomic E-state index is 13.3. The van der Waals surface area contributed by atoms with Gasteiger partial charge in [0.05, 0.1) is 0 Å². The quantitative estimate of drug-likeness (QED) is 0.853. The van der Waals surface area contributed by atoms with Crippen molar-refractivity contribution in [2.24, 2.45) is 4.99 Å². The van der Waals surface area contributed by atoms with Crippen LogP contribution in [0.5, 0.6) is 0 Å². The van der Waals surface area contributed by atoms with Crippen molar-refractivity contribution in [2.45, 2.75) is 11.2 Å². The van der Waals surface area contributed by atoms with Crippen LogP contribution in [-0.2, 0) is 9.54 Å². The molecule has 1 amide bonds. The van der Waals surface area contributed by atoms with E-state index in [2.05, 4.69) is 4.99 Å².